The summed E-state index contributed by atoms with van der Waals surface area (Å²) in [6, 6.07) is 16.7. The Morgan fingerprint density at radius 3 is 2.42 bits per heavy atom. The second-order valence-electron chi connectivity index (χ2n) is 11.9. The van der Waals surface area contributed by atoms with Crippen molar-refractivity contribution in [1.29, 1.82) is 0 Å². The van der Waals surface area contributed by atoms with Crippen molar-refractivity contribution in [1.82, 2.24) is 35.7 Å². The van der Waals surface area contributed by atoms with Gasteiger partial charge in [0.1, 0.15) is 12.0 Å². The predicted octanol–water partition coefficient (Wildman–Crippen LogP) is 5.60. The molecule has 6 rings (SSSR count). The van der Waals surface area contributed by atoms with E-state index >= 15 is 0 Å². The van der Waals surface area contributed by atoms with E-state index in [4.69, 9.17) is 4.52 Å². The minimum Gasteiger partial charge on any atom is -0.369 e. The summed E-state index contributed by atoms with van der Waals surface area (Å²) in [5, 5.41) is 11.3. The number of hydrogen-bond donors (Lipinski definition) is 3. The summed E-state index contributed by atoms with van der Waals surface area (Å²) in [7, 11) is 0. The Labute approximate surface area is 257 Å². The maximum absolute atomic E-state index is 12.8. The Morgan fingerprint density at radius 2 is 1.74 bits per heavy atom. The van der Waals surface area contributed by atoms with Gasteiger partial charge in [0.2, 0.25) is 0 Å². The van der Waals surface area contributed by atoms with Crippen LogP contribution < -0.4 is 15.5 Å². The second-order valence-corrected chi connectivity index (χ2v) is 11.9. The number of amides is 1. The number of piperazine rings is 1. The molecule has 1 aliphatic rings. The maximum Gasteiger partial charge on any atom is 0.315 e. The highest BCUT2D eigenvalue weighted by atomic mass is 35.5. The van der Waals surface area contributed by atoms with E-state index in [-0.39, 0.29) is 29.8 Å². The largest absolute Gasteiger partial charge is 0.369 e. The minimum atomic E-state index is -0.396. The van der Waals surface area contributed by atoms with Crippen molar-refractivity contribution < 1.29 is 9.32 Å². The lowest BCUT2D eigenvalue weighted by molar-refractivity contribution is 0.0895. The SMILES string of the molecule is Cc1cc(-c2ncnc3[nH]c(-c4ccc(N5CCNCC5)cc4)cc23)ccc1C(C)NC(=O)c1nc(C(C)(C)C)no1.Cl. The number of fused-ring (bicyclic) bond motifs is 1. The zero-order valence-electron chi connectivity index (χ0n) is 25.1. The van der Waals surface area contributed by atoms with Gasteiger partial charge in [-0.15, -0.1) is 12.4 Å². The van der Waals surface area contributed by atoms with Gasteiger partial charge in [-0.25, -0.2) is 9.97 Å². The van der Waals surface area contributed by atoms with Gasteiger partial charge in [0.25, 0.3) is 0 Å². The Bertz CT molecular complexity index is 1730. The molecule has 10 nitrogen and oxygen atoms in total. The molecule has 1 aliphatic heterocycles. The van der Waals surface area contributed by atoms with Crippen molar-refractivity contribution in [3.8, 4) is 22.5 Å². The lowest BCUT2D eigenvalue weighted by atomic mass is 9.96. The highest BCUT2D eigenvalue weighted by molar-refractivity contribution is 5.94. The lowest BCUT2D eigenvalue weighted by Gasteiger charge is -2.29. The third-order valence-corrected chi connectivity index (χ3v) is 7.73. The summed E-state index contributed by atoms with van der Waals surface area (Å²) in [6.45, 7) is 13.9. The van der Waals surface area contributed by atoms with Crippen LogP contribution in [0.2, 0.25) is 0 Å². The average Bonchev–Trinajstić information content (AvgIpc) is 3.66. The van der Waals surface area contributed by atoms with Crippen LogP contribution >= 0.6 is 12.4 Å². The molecule has 11 heteroatoms. The van der Waals surface area contributed by atoms with Crippen LogP contribution in [-0.2, 0) is 5.41 Å². The fourth-order valence-corrected chi connectivity index (χ4v) is 5.37. The van der Waals surface area contributed by atoms with Gasteiger partial charge in [0.05, 0.1) is 11.7 Å². The predicted molar refractivity (Wildman–Crippen MR) is 171 cm³/mol. The van der Waals surface area contributed by atoms with E-state index in [1.807, 2.05) is 46.8 Å². The second kappa shape index (κ2) is 12.1. The highest BCUT2D eigenvalue weighted by Crippen LogP contribution is 2.32. The summed E-state index contributed by atoms with van der Waals surface area (Å²) in [5.74, 6) is 0.0654. The topological polar surface area (TPSA) is 125 Å². The van der Waals surface area contributed by atoms with Gasteiger partial charge in [-0.1, -0.05) is 50.2 Å². The van der Waals surface area contributed by atoms with Gasteiger partial charge in [0, 0.05) is 53.9 Å². The molecule has 0 saturated carbocycles. The first-order valence-electron chi connectivity index (χ1n) is 14.3. The Kier molecular flexibility index (Phi) is 8.52. The Hall–Kier alpha value is -4.28. The van der Waals surface area contributed by atoms with E-state index in [9.17, 15) is 4.79 Å². The van der Waals surface area contributed by atoms with E-state index in [0.29, 0.717) is 5.82 Å². The fraction of sp³-hybridized carbons (Fsp3) is 0.344. The van der Waals surface area contributed by atoms with Crippen molar-refractivity contribution in [3.05, 3.63) is 77.7 Å². The molecule has 4 heterocycles. The molecule has 2 aromatic carbocycles. The highest BCUT2D eigenvalue weighted by Gasteiger charge is 2.25. The molecule has 1 unspecified atom stereocenters. The zero-order valence-corrected chi connectivity index (χ0v) is 25.9. The molecule has 0 radical (unpaired) electrons. The number of nitrogens with zero attached hydrogens (tertiary/aromatic N) is 5. The quantitative estimate of drug-likeness (QED) is 0.230. The molecule has 0 aliphatic carbocycles. The Morgan fingerprint density at radius 1 is 1.02 bits per heavy atom. The molecule has 0 spiro atoms. The minimum absolute atomic E-state index is 0. The van der Waals surface area contributed by atoms with Gasteiger partial charge in [-0.2, -0.15) is 4.98 Å². The van der Waals surface area contributed by atoms with Crippen molar-refractivity contribution in [2.45, 2.75) is 46.1 Å². The van der Waals surface area contributed by atoms with Gasteiger partial charge < -0.3 is 25.0 Å². The number of hydrogen-bond acceptors (Lipinski definition) is 8. The van der Waals surface area contributed by atoms with E-state index < -0.39 is 5.91 Å². The van der Waals surface area contributed by atoms with E-state index in [2.05, 4.69) is 77.0 Å². The molecule has 1 saturated heterocycles. The van der Waals surface area contributed by atoms with Gasteiger partial charge in [-0.05, 0) is 54.8 Å². The number of anilines is 1. The lowest BCUT2D eigenvalue weighted by Crippen LogP contribution is -2.43. The number of nitrogens with one attached hydrogen (secondary N) is 3. The molecule has 43 heavy (non-hydrogen) atoms. The number of halogens is 1. The van der Waals surface area contributed by atoms with Crippen LogP contribution in [0, 0.1) is 6.92 Å². The first-order chi connectivity index (χ1) is 20.2. The van der Waals surface area contributed by atoms with Crippen LogP contribution in [0.25, 0.3) is 33.5 Å². The van der Waals surface area contributed by atoms with E-state index in [1.165, 1.54) is 5.69 Å². The number of H-pyrrole nitrogens is 1. The van der Waals surface area contributed by atoms with E-state index in [0.717, 1.165) is 70.9 Å². The summed E-state index contributed by atoms with van der Waals surface area (Å²) >= 11 is 0. The average molecular weight is 601 g/mol. The van der Waals surface area contributed by atoms with Crippen LogP contribution in [-0.4, -0.2) is 57.2 Å². The fourth-order valence-electron chi connectivity index (χ4n) is 5.37. The van der Waals surface area contributed by atoms with Crippen LogP contribution in [0.4, 0.5) is 5.69 Å². The van der Waals surface area contributed by atoms with E-state index in [1.54, 1.807) is 6.33 Å². The number of rotatable bonds is 6. The van der Waals surface area contributed by atoms with Crippen LogP contribution in [0.5, 0.6) is 0 Å². The summed E-state index contributed by atoms with van der Waals surface area (Å²) < 4.78 is 5.21. The van der Waals surface area contributed by atoms with Gasteiger partial charge in [0.15, 0.2) is 5.82 Å². The summed E-state index contributed by atoms with van der Waals surface area (Å²) in [5.41, 5.74) is 7.69. The zero-order chi connectivity index (χ0) is 29.4. The molecule has 1 amide bonds. The summed E-state index contributed by atoms with van der Waals surface area (Å²) in [4.78, 5) is 32.1. The van der Waals surface area contributed by atoms with Crippen molar-refractivity contribution in [3.63, 3.8) is 0 Å². The molecule has 3 aromatic heterocycles. The first-order valence-corrected chi connectivity index (χ1v) is 14.3. The third kappa shape index (κ3) is 6.25. The van der Waals surface area contributed by atoms with Crippen LogP contribution in [0.1, 0.15) is 61.4 Å². The molecule has 5 aromatic rings. The molecular weight excluding hydrogens is 564 g/mol. The standard InChI is InChI=1S/C32H36N8O2.ClH/c1-19-16-22(8-11-24(19)20(2)36-29(41)30-38-31(39-42-30)32(3,4)5)27-25-17-26(37-28(25)35-18-34-27)21-6-9-23(10-7-21)40-14-12-33-13-15-40;/h6-11,16-18,20,33H,12-15H2,1-5H3,(H,36,41)(H,34,35,37);1H. The first kappa shape index (κ1) is 30.2. The molecule has 1 fully saturated rings. The van der Waals surface area contributed by atoms with Gasteiger partial charge >= 0.3 is 11.8 Å². The number of carbonyl (C=O) groups is 1. The third-order valence-electron chi connectivity index (χ3n) is 7.73. The molecular formula is C32H37ClN8O2. The smallest absolute Gasteiger partial charge is 0.315 e. The van der Waals surface area contributed by atoms with Crippen LogP contribution in [0.3, 0.4) is 0 Å². The molecule has 1 atom stereocenters. The number of aromatic amines is 1. The Balaban J connectivity index is 0.00000368. The molecule has 224 valence electrons. The summed E-state index contributed by atoms with van der Waals surface area (Å²) in [6.07, 6.45) is 1.59. The monoisotopic (exact) mass is 600 g/mol. The number of carbonyl (C=O) groups excluding carboxylic acids is 1. The number of aromatic nitrogens is 5. The van der Waals surface area contributed by atoms with Crippen molar-refractivity contribution in [2.75, 3.05) is 31.1 Å². The molecule has 0 bridgehead atoms. The number of benzene rings is 2. The molecule has 3 N–H and O–H groups in total. The number of aryl methyl sites for hydroxylation is 1. The maximum atomic E-state index is 12.8. The normalized spacial score (nSPS) is 14.4. The van der Waals surface area contributed by atoms with Crippen molar-refractivity contribution in [2.24, 2.45) is 0 Å². The van der Waals surface area contributed by atoms with Gasteiger partial charge in [-0.3, -0.25) is 4.79 Å². The van der Waals surface area contributed by atoms with Crippen LogP contribution in [0.15, 0.2) is 59.4 Å². The van der Waals surface area contributed by atoms with Crippen molar-refractivity contribution >= 4 is 35.0 Å².